The Morgan fingerprint density at radius 3 is 2.44 bits per heavy atom. The summed E-state index contributed by atoms with van der Waals surface area (Å²) in [5.74, 6) is -0.226. The summed E-state index contributed by atoms with van der Waals surface area (Å²) in [4.78, 5) is 0. The van der Waals surface area contributed by atoms with E-state index < -0.39 is 0 Å². The highest BCUT2D eigenvalue weighted by atomic mass is 127. The Kier molecular flexibility index (Phi) is 5.04. The molecule has 0 aliphatic rings. The van der Waals surface area contributed by atoms with Crippen molar-refractivity contribution in [1.82, 2.24) is 0 Å². The monoisotopic (exact) mass is 438 g/mol. The zero-order chi connectivity index (χ0) is 13.1. The molecule has 0 heterocycles. The van der Waals surface area contributed by atoms with E-state index in [4.69, 9.17) is 11.6 Å². The zero-order valence-corrected chi connectivity index (χ0v) is 13.8. The Morgan fingerprint density at radius 1 is 1.17 bits per heavy atom. The summed E-state index contributed by atoms with van der Waals surface area (Å²) in [6, 6.07) is 12.8. The van der Waals surface area contributed by atoms with E-state index in [0.717, 1.165) is 20.0 Å². The van der Waals surface area contributed by atoms with Gasteiger partial charge in [-0.2, -0.15) is 0 Å². The first kappa shape index (κ1) is 14.3. The molecule has 1 unspecified atom stereocenters. The van der Waals surface area contributed by atoms with Crippen LogP contribution in [0, 0.1) is 9.39 Å². The first-order valence-corrected chi connectivity index (χ1v) is 7.70. The molecule has 0 spiro atoms. The quantitative estimate of drug-likeness (QED) is 0.424. The highest BCUT2D eigenvalue weighted by Gasteiger charge is 2.12. The third-order valence-electron chi connectivity index (χ3n) is 2.63. The first-order chi connectivity index (χ1) is 8.56. The maximum Gasteiger partial charge on any atom is 0.124 e. The van der Waals surface area contributed by atoms with Crippen molar-refractivity contribution in [3.63, 3.8) is 0 Å². The van der Waals surface area contributed by atoms with Gasteiger partial charge in [0.1, 0.15) is 5.82 Å². The lowest BCUT2D eigenvalue weighted by atomic mass is 10.0. The van der Waals surface area contributed by atoms with Gasteiger partial charge in [0, 0.05) is 8.04 Å². The predicted octanol–water partition coefficient (Wildman–Crippen LogP) is 5.72. The molecule has 2 rings (SSSR count). The molecule has 94 valence electrons. The minimum atomic E-state index is -0.226. The third kappa shape index (κ3) is 3.68. The summed E-state index contributed by atoms with van der Waals surface area (Å²) >= 11 is 11.9. The first-order valence-electron chi connectivity index (χ1n) is 5.40. The van der Waals surface area contributed by atoms with Crippen LogP contribution in [0.4, 0.5) is 4.39 Å². The normalized spacial score (nSPS) is 12.4. The van der Waals surface area contributed by atoms with E-state index in [1.807, 2.05) is 24.3 Å². The van der Waals surface area contributed by atoms with E-state index >= 15 is 0 Å². The summed E-state index contributed by atoms with van der Waals surface area (Å²) in [7, 11) is 0. The molecule has 1 atom stereocenters. The van der Waals surface area contributed by atoms with Crippen LogP contribution in [-0.2, 0) is 6.42 Å². The van der Waals surface area contributed by atoms with E-state index in [9.17, 15) is 4.39 Å². The van der Waals surface area contributed by atoms with Crippen molar-refractivity contribution in [2.24, 2.45) is 0 Å². The smallest absolute Gasteiger partial charge is 0.124 e. The summed E-state index contributed by atoms with van der Waals surface area (Å²) < 4.78 is 14.9. The average Bonchev–Trinajstić information content (AvgIpc) is 2.32. The SMILES string of the molecule is Fc1ccc(C(Cl)Cc2ccc(Br)cc2)c(I)c1. The van der Waals surface area contributed by atoms with Gasteiger partial charge in [-0.25, -0.2) is 4.39 Å². The Labute approximate surface area is 133 Å². The number of halogens is 4. The van der Waals surface area contributed by atoms with E-state index in [2.05, 4.69) is 38.5 Å². The summed E-state index contributed by atoms with van der Waals surface area (Å²) in [5.41, 5.74) is 2.14. The van der Waals surface area contributed by atoms with Crippen LogP contribution >= 0.6 is 50.1 Å². The van der Waals surface area contributed by atoms with Crippen LogP contribution in [0.25, 0.3) is 0 Å². The molecule has 0 amide bonds. The molecule has 0 bridgehead atoms. The Balaban J connectivity index is 2.16. The molecule has 0 N–H and O–H groups in total. The van der Waals surface area contributed by atoms with Gasteiger partial charge in [0.15, 0.2) is 0 Å². The van der Waals surface area contributed by atoms with Crippen molar-refractivity contribution < 1.29 is 4.39 Å². The molecule has 0 saturated carbocycles. The van der Waals surface area contributed by atoms with Crippen LogP contribution < -0.4 is 0 Å². The molecule has 2 aromatic carbocycles. The van der Waals surface area contributed by atoms with E-state index in [-0.39, 0.29) is 11.2 Å². The fourth-order valence-electron chi connectivity index (χ4n) is 1.69. The molecule has 0 aliphatic heterocycles. The summed E-state index contributed by atoms with van der Waals surface area (Å²) in [6.45, 7) is 0. The molecule has 0 saturated heterocycles. The van der Waals surface area contributed by atoms with Crippen molar-refractivity contribution in [2.75, 3.05) is 0 Å². The number of rotatable bonds is 3. The minimum Gasteiger partial charge on any atom is -0.207 e. The van der Waals surface area contributed by atoms with Gasteiger partial charge >= 0.3 is 0 Å². The van der Waals surface area contributed by atoms with Gasteiger partial charge < -0.3 is 0 Å². The number of benzene rings is 2. The van der Waals surface area contributed by atoms with Crippen molar-refractivity contribution in [3.8, 4) is 0 Å². The maximum absolute atomic E-state index is 13.0. The van der Waals surface area contributed by atoms with Crippen molar-refractivity contribution >= 4 is 50.1 Å². The van der Waals surface area contributed by atoms with Crippen LogP contribution in [0.5, 0.6) is 0 Å². The maximum atomic E-state index is 13.0. The fraction of sp³-hybridized carbons (Fsp3) is 0.143. The molecular formula is C14H10BrClFI. The summed E-state index contributed by atoms with van der Waals surface area (Å²) in [6.07, 6.45) is 0.733. The molecule has 0 fully saturated rings. The highest BCUT2D eigenvalue weighted by Crippen LogP contribution is 2.29. The Hall–Kier alpha value is -0.130. The molecule has 0 aromatic heterocycles. The van der Waals surface area contributed by atoms with Crippen LogP contribution in [0.15, 0.2) is 46.9 Å². The van der Waals surface area contributed by atoms with Crippen LogP contribution in [0.2, 0.25) is 0 Å². The molecule has 4 heteroatoms. The molecule has 0 nitrogen and oxygen atoms in total. The fourth-order valence-corrected chi connectivity index (χ4v) is 3.36. The van der Waals surface area contributed by atoms with Crippen LogP contribution in [-0.4, -0.2) is 0 Å². The van der Waals surface area contributed by atoms with Crippen LogP contribution in [0.1, 0.15) is 16.5 Å². The van der Waals surface area contributed by atoms with E-state index in [1.54, 1.807) is 6.07 Å². The Bertz CT molecular complexity index is 542. The molecule has 2 aromatic rings. The van der Waals surface area contributed by atoms with Gasteiger partial charge in [-0.3, -0.25) is 0 Å². The van der Waals surface area contributed by atoms with Gasteiger partial charge in [0.25, 0.3) is 0 Å². The van der Waals surface area contributed by atoms with Gasteiger partial charge in [0.2, 0.25) is 0 Å². The molecule has 0 aliphatic carbocycles. The lowest BCUT2D eigenvalue weighted by Crippen LogP contribution is -1.99. The number of alkyl halides is 1. The minimum absolute atomic E-state index is 0.140. The van der Waals surface area contributed by atoms with Gasteiger partial charge in [-0.15, -0.1) is 11.6 Å². The van der Waals surface area contributed by atoms with Crippen molar-refractivity contribution in [3.05, 3.63) is 67.5 Å². The van der Waals surface area contributed by atoms with Gasteiger partial charge in [0.05, 0.1) is 5.38 Å². The lowest BCUT2D eigenvalue weighted by Gasteiger charge is -2.12. The van der Waals surface area contributed by atoms with Crippen molar-refractivity contribution in [1.29, 1.82) is 0 Å². The molecule has 18 heavy (non-hydrogen) atoms. The third-order valence-corrected chi connectivity index (χ3v) is 4.48. The molecular weight excluding hydrogens is 429 g/mol. The van der Waals surface area contributed by atoms with Crippen LogP contribution in [0.3, 0.4) is 0 Å². The predicted molar refractivity (Wildman–Crippen MR) is 85.6 cm³/mol. The average molecular weight is 439 g/mol. The molecule has 0 radical (unpaired) electrons. The van der Waals surface area contributed by atoms with Gasteiger partial charge in [-0.05, 0) is 64.4 Å². The van der Waals surface area contributed by atoms with E-state index in [0.29, 0.717) is 0 Å². The number of hydrogen-bond donors (Lipinski definition) is 0. The summed E-state index contributed by atoms with van der Waals surface area (Å²) in [5, 5.41) is -0.140. The van der Waals surface area contributed by atoms with Crippen molar-refractivity contribution in [2.45, 2.75) is 11.8 Å². The van der Waals surface area contributed by atoms with E-state index in [1.165, 1.54) is 17.7 Å². The van der Waals surface area contributed by atoms with Gasteiger partial charge in [-0.1, -0.05) is 34.1 Å². The largest absolute Gasteiger partial charge is 0.207 e. The lowest BCUT2D eigenvalue weighted by molar-refractivity contribution is 0.625. The second kappa shape index (κ2) is 6.35. The highest BCUT2D eigenvalue weighted by molar-refractivity contribution is 14.1. The second-order valence-corrected chi connectivity index (χ2v) is 6.57. The zero-order valence-electron chi connectivity index (χ0n) is 9.34. The number of hydrogen-bond acceptors (Lipinski definition) is 0. The Morgan fingerprint density at radius 2 is 1.83 bits per heavy atom. The standard InChI is InChI=1S/C14H10BrClFI/c15-10-3-1-9(2-4-10)7-13(16)12-6-5-11(17)8-14(12)18/h1-6,8,13H,7H2. The topological polar surface area (TPSA) is 0 Å². The second-order valence-electron chi connectivity index (χ2n) is 3.96.